The molecule has 0 N–H and O–H groups in total. The van der Waals surface area contributed by atoms with Crippen LogP contribution in [0.25, 0.3) is 0 Å². The Morgan fingerprint density at radius 2 is 2.11 bits per heavy atom. The Morgan fingerprint density at radius 1 is 1.28 bits per heavy atom. The molecule has 0 amide bonds. The predicted molar refractivity (Wildman–Crippen MR) is 74.1 cm³/mol. The number of para-hydroxylation sites is 1. The number of halogens is 1. The molecule has 0 bridgehead atoms. The van der Waals surface area contributed by atoms with Crippen LogP contribution in [0, 0.1) is 5.92 Å². The number of carbonyl (C=O) groups excluding carboxylic acids is 1. The lowest BCUT2D eigenvalue weighted by Crippen LogP contribution is -2.33. The molecule has 0 spiro atoms. The van der Waals surface area contributed by atoms with E-state index >= 15 is 0 Å². The molecule has 2 atom stereocenters. The summed E-state index contributed by atoms with van der Waals surface area (Å²) in [5.74, 6) is 1.19. The summed E-state index contributed by atoms with van der Waals surface area (Å²) in [4.78, 5) is 12.1. The first-order valence-corrected chi connectivity index (χ1v) is 6.86. The molecule has 18 heavy (non-hydrogen) atoms. The first-order valence-electron chi connectivity index (χ1n) is 6.07. The first-order chi connectivity index (χ1) is 8.74. The topological polar surface area (TPSA) is 26.3 Å². The molecule has 0 fully saturated rings. The van der Waals surface area contributed by atoms with Crippen LogP contribution in [0.15, 0.2) is 47.0 Å². The van der Waals surface area contributed by atoms with Crippen molar-refractivity contribution in [3.05, 3.63) is 52.5 Å². The van der Waals surface area contributed by atoms with Gasteiger partial charge in [0.25, 0.3) is 0 Å². The number of ether oxygens (including phenoxy) is 1. The number of hydrogen-bond acceptors (Lipinski definition) is 2. The Labute approximate surface area is 114 Å². The second-order valence-electron chi connectivity index (χ2n) is 4.63. The fraction of sp³-hybridized carbons (Fsp3) is 0.267. The molecule has 0 aromatic heterocycles. The highest BCUT2D eigenvalue weighted by atomic mass is 79.9. The summed E-state index contributed by atoms with van der Waals surface area (Å²) < 4.78 is 7.06. The van der Waals surface area contributed by atoms with Crippen LogP contribution in [0.1, 0.15) is 23.2 Å². The molecule has 1 unspecified atom stereocenters. The quantitative estimate of drug-likeness (QED) is 0.787. The van der Waals surface area contributed by atoms with Crippen LogP contribution in [-0.2, 0) is 0 Å². The third kappa shape index (κ3) is 2.15. The van der Waals surface area contributed by atoms with Crippen molar-refractivity contribution < 1.29 is 9.53 Å². The summed E-state index contributed by atoms with van der Waals surface area (Å²) in [6.07, 6.45) is 7.62. The lowest BCUT2D eigenvalue weighted by Gasteiger charge is -2.30. The van der Waals surface area contributed by atoms with Gasteiger partial charge >= 0.3 is 0 Å². The van der Waals surface area contributed by atoms with Gasteiger partial charge in [-0.3, -0.25) is 4.79 Å². The normalized spacial score (nSPS) is 26.3. The maximum atomic E-state index is 12.1. The van der Waals surface area contributed by atoms with E-state index in [0.717, 1.165) is 16.7 Å². The van der Waals surface area contributed by atoms with E-state index in [1.54, 1.807) is 0 Å². The molecule has 3 rings (SSSR count). The van der Waals surface area contributed by atoms with Gasteiger partial charge in [-0.25, -0.2) is 0 Å². The van der Waals surface area contributed by atoms with Crippen LogP contribution in [0.3, 0.4) is 0 Å². The molecule has 0 radical (unpaired) electrons. The molecule has 1 aliphatic heterocycles. The molecule has 1 aromatic carbocycles. The van der Waals surface area contributed by atoms with Gasteiger partial charge in [-0.15, -0.1) is 0 Å². The lowest BCUT2D eigenvalue weighted by molar-refractivity contribution is 0.0784. The minimum absolute atomic E-state index is 0.0412. The van der Waals surface area contributed by atoms with Crippen LogP contribution < -0.4 is 4.74 Å². The zero-order valence-electron chi connectivity index (χ0n) is 9.80. The maximum Gasteiger partial charge on any atom is 0.170 e. The third-order valence-electron chi connectivity index (χ3n) is 3.42. The van der Waals surface area contributed by atoms with Crippen LogP contribution in [0.5, 0.6) is 5.75 Å². The van der Waals surface area contributed by atoms with Crippen molar-refractivity contribution >= 4 is 21.7 Å². The average Bonchev–Trinajstić information content (AvgIpc) is 2.39. The Hall–Kier alpha value is -1.35. The molecular formula is C15H13BrO2. The SMILES string of the molecule is O=C1C[C@H](C2C=CC(Br)=CC2)Oc2ccccc21. The molecular weight excluding hydrogens is 292 g/mol. The zero-order valence-corrected chi connectivity index (χ0v) is 11.4. The average molecular weight is 305 g/mol. The highest BCUT2D eigenvalue weighted by Gasteiger charge is 2.31. The second kappa shape index (κ2) is 4.73. The van der Waals surface area contributed by atoms with Crippen molar-refractivity contribution in [2.45, 2.75) is 18.9 Å². The van der Waals surface area contributed by atoms with Crippen LogP contribution in [0.4, 0.5) is 0 Å². The van der Waals surface area contributed by atoms with Gasteiger partial charge in [0, 0.05) is 16.8 Å². The van der Waals surface area contributed by atoms with Gasteiger partial charge in [0.15, 0.2) is 5.78 Å². The van der Waals surface area contributed by atoms with Gasteiger partial charge in [0.2, 0.25) is 0 Å². The van der Waals surface area contributed by atoms with Crippen LogP contribution >= 0.6 is 15.9 Å². The summed E-state index contributed by atoms with van der Waals surface area (Å²) >= 11 is 3.44. The van der Waals surface area contributed by atoms with E-state index in [2.05, 4.69) is 28.1 Å². The smallest absolute Gasteiger partial charge is 0.170 e. The van der Waals surface area contributed by atoms with E-state index in [4.69, 9.17) is 4.74 Å². The van der Waals surface area contributed by atoms with E-state index in [0.29, 0.717) is 12.0 Å². The number of ketones is 1. The van der Waals surface area contributed by atoms with Gasteiger partial charge in [0.1, 0.15) is 11.9 Å². The maximum absolute atomic E-state index is 12.1. The number of benzene rings is 1. The van der Waals surface area contributed by atoms with Crippen molar-refractivity contribution in [2.24, 2.45) is 5.92 Å². The van der Waals surface area contributed by atoms with E-state index in [9.17, 15) is 4.79 Å². The molecule has 0 saturated carbocycles. The molecule has 2 aliphatic rings. The summed E-state index contributed by atoms with van der Waals surface area (Å²) in [5.41, 5.74) is 0.713. The highest BCUT2D eigenvalue weighted by molar-refractivity contribution is 9.11. The minimum atomic E-state index is -0.0412. The Balaban J connectivity index is 1.83. The number of rotatable bonds is 1. The van der Waals surface area contributed by atoms with Gasteiger partial charge in [-0.2, -0.15) is 0 Å². The van der Waals surface area contributed by atoms with E-state index in [-0.39, 0.29) is 17.8 Å². The molecule has 1 aromatic rings. The van der Waals surface area contributed by atoms with E-state index in [1.165, 1.54) is 0 Å². The highest BCUT2D eigenvalue weighted by Crippen LogP contribution is 2.33. The lowest BCUT2D eigenvalue weighted by atomic mass is 9.88. The summed E-state index contributed by atoms with van der Waals surface area (Å²) in [7, 11) is 0. The Kier molecular flexibility index (Phi) is 3.08. The van der Waals surface area contributed by atoms with Crippen LogP contribution in [0.2, 0.25) is 0 Å². The molecule has 0 saturated heterocycles. The van der Waals surface area contributed by atoms with Gasteiger partial charge in [-0.1, -0.05) is 46.3 Å². The number of allylic oxidation sites excluding steroid dienone is 3. The zero-order chi connectivity index (χ0) is 12.5. The van der Waals surface area contributed by atoms with Crippen molar-refractivity contribution in [3.8, 4) is 5.75 Å². The summed E-state index contributed by atoms with van der Waals surface area (Å²) in [5, 5.41) is 0. The molecule has 1 aliphatic carbocycles. The fourth-order valence-electron chi connectivity index (χ4n) is 2.42. The fourth-order valence-corrected chi connectivity index (χ4v) is 2.76. The number of fused-ring (bicyclic) bond motifs is 1. The van der Waals surface area contributed by atoms with Gasteiger partial charge in [-0.05, 0) is 18.6 Å². The second-order valence-corrected chi connectivity index (χ2v) is 5.54. The Bertz CT molecular complexity index is 545. The van der Waals surface area contributed by atoms with Gasteiger partial charge < -0.3 is 4.74 Å². The largest absolute Gasteiger partial charge is 0.489 e. The van der Waals surface area contributed by atoms with Crippen LogP contribution in [-0.4, -0.2) is 11.9 Å². The summed E-state index contributed by atoms with van der Waals surface area (Å²) in [6.45, 7) is 0. The summed E-state index contributed by atoms with van der Waals surface area (Å²) in [6, 6.07) is 7.49. The van der Waals surface area contributed by atoms with Gasteiger partial charge in [0.05, 0.1) is 5.56 Å². The molecule has 92 valence electrons. The number of hydrogen-bond donors (Lipinski definition) is 0. The third-order valence-corrected chi connectivity index (χ3v) is 4.01. The molecule has 3 heteroatoms. The molecule has 2 nitrogen and oxygen atoms in total. The van der Waals surface area contributed by atoms with E-state index < -0.39 is 0 Å². The minimum Gasteiger partial charge on any atom is -0.489 e. The van der Waals surface area contributed by atoms with Crippen molar-refractivity contribution in [3.63, 3.8) is 0 Å². The number of carbonyl (C=O) groups is 1. The van der Waals surface area contributed by atoms with Crippen molar-refractivity contribution in [2.75, 3.05) is 0 Å². The monoisotopic (exact) mass is 304 g/mol. The first kappa shape index (κ1) is 11.7. The standard InChI is InChI=1S/C15H13BrO2/c16-11-7-5-10(6-8-11)15-9-13(17)12-3-1-2-4-14(12)18-15/h1-5,7-8,10,15H,6,9H2/t10?,15-/m1/s1. The van der Waals surface area contributed by atoms with Crippen molar-refractivity contribution in [1.29, 1.82) is 0 Å². The number of Topliss-reactive ketones (excluding diaryl/α,β-unsaturated/α-hetero) is 1. The Morgan fingerprint density at radius 3 is 2.89 bits per heavy atom. The predicted octanol–water partition coefficient (Wildman–Crippen LogP) is 3.88. The van der Waals surface area contributed by atoms with Crippen molar-refractivity contribution in [1.82, 2.24) is 0 Å². The van der Waals surface area contributed by atoms with E-state index in [1.807, 2.05) is 30.3 Å². The molecule has 1 heterocycles.